The Morgan fingerprint density at radius 1 is 1.16 bits per heavy atom. The van der Waals surface area contributed by atoms with Gasteiger partial charge in [0.05, 0.1) is 5.69 Å². The largest absolute Gasteiger partial charge is 0.433 e. The van der Waals surface area contributed by atoms with Gasteiger partial charge in [0.15, 0.2) is 5.82 Å². The van der Waals surface area contributed by atoms with Crippen LogP contribution >= 0.6 is 0 Å². The molecule has 1 unspecified atom stereocenters. The number of carbonyl (C=O) groups is 1. The van der Waals surface area contributed by atoms with Gasteiger partial charge in [0, 0.05) is 25.2 Å². The highest BCUT2D eigenvalue weighted by Gasteiger charge is 2.37. The molecule has 2 aromatic rings. The molecule has 1 amide bonds. The third-order valence-corrected chi connectivity index (χ3v) is 5.75. The maximum Gasteiger partial charge on any atom is 0.433 e. The van der Waals surface area contributed by atoms with Gasteiger partial charge in [-0.15, -0.1) is 0 Å². The normalized spacial score (nSPS) is 22.8. The summed E-state index contributed by atoms with van der Waals surface area (Å²) in [5.74, 6) is 1.30. The number of carbonyl (C=O) groups excluding carboxylic acids is 1. The number of hydrogen-bond donors (Lipinski definition) is 3. The summed E-state index contributed by atoms with van der Waals surface area (Å²) in [6, 6.07) is 0.635. The van der Waals surface area contributed by atoms with E-state index in [-0.39, 0.29) is 35.8 Å². The minimum absolute atomic E-state index is 0.0190. The van der Waals surface area contributed by atoms with E-state index in [9.17, 15) is 18.0 Å². The van der Waals surface area contributed by atoms with E-state index in [2.05, 4.69) is 35.9 Å². The first kappa shape index (κ1) is 22.0. The van der Waals surface area contributed by atoms with Crippen LogP contribution in [0, 0.1) is 12.8 Å². The van der Waals surface area contributed by atoms with Gasteiger partial charge in [-0.2, -0.15) is 18.2 Å². The van der Waals surface area contributed by atoms with Crippen molar-refractivity contribution in [3.63, 3.8) is 0 Å². The predicted molar refractivity (Wildman–Crippen MR) is 114 cm³/mol. The lowest BCUT2D eigenvalue weighted by molar-refractivity contribution is -0.141. The lowest BCUT2D eigenvalue weighted by atomic mass is 9.87. The van der Waals surface area contributed by atoms with Crippen LogP contribution in [0.25, 0.3) is 0 Å². The number of halogens is 3. The van der Waals surface area contributed by atoms with Gasteiger partial charge < -0.3 is 20.9 Å². The van der Waals surface area contributed by atoms with Crippen molar-refractivity contribution in [2.75, 3.05) is 27.9 Å². The minimum Gasteiger partial charge on any atom is -0.367 e. The van der Waals surface area contributed by atoms with Crippen molar-refractivity contribution in [2.45, 2.75) is 57.9 Å². The molecule has 3 N–H and O–H groups in total. The SMILES string of the molecule is Cc1nc(N[C@H]2C[C@@H](Nc3cc(C(F)(F)F)ncn3)C2)nc2c1NC(=O)C(C(C)C)N2C. The van der Waals surface area contributed by atoms with E-state index < -0.39 is 11.9 Å². The Hall–Kier alpha value is -3.18. The molecule has 0 bridgehead atoms. The zero-order chi connectivity index (χ0) is 23.2. The molecular formula is C20H25F3N8O. The molecule has 1 atom stereocenters. The molecule has 9 nitrogen and oxygen atoms in total. The van der Waals surface area contributed by atoms with Crippen LogP contribution in [0.4, 0.5) is 36.4 Å². The molecule has 1 fully saturated rings. The number of likely N-dealkylation sites (N-methyl/N-ethyl adjacent to an activating group) is 1. The van der Waals surface area contributed by atoms with Crippen molar-refractivity contribution in [2.24, 2.45) is 5.92 Å². The van der Waals surface area contributed by atoms with Crippen LogP contribution in [0.3, 0.4) is 0 Å². The highest BCUT2D eigenvalue weighted by Crippen LogP contribution is 2.35. The Kier molecular flexibility index (Phi) is 5.55. The molecule has 3 heterocycles. The molecule has 1 aliphatic carbocycles. The van der Waals surface area contributed by atoms with Gasteiger partial charge in [-0.05, 0) is 25.7 Å². The molecule has 2 aromatic heterocycles. The van der Waals surface area contributed by atoms with Gasteiger partial charge in [-0.3, -0.25) is 4.79 Å². The minimum atomic E-state index is -4.51. The molecule has 172 valence electrons. The molecule has 1 saturated carbocycles. The van der Waals surface area contributed by atoms with E-state index in [1.54, 1.807) is 0 Å². The Balaban J connectivity index is 1.40. The second-order valence-electron chi connectivity index (χ2n) is 8.56. The first-order valence-electron chi connectivity index (χ1n) is 10.4. The Bertz CT molecular complexity index is 1020. The first-order chi connectivity index (χ1) is 15.0. The third kappa shape index (κ3) is 4.26. The van der Waals surface area contributed by atoms with Crippen molar-refractivity contribution in [1.29, 1.82) is 0 Å². The molecule has 4 rings (SSSR count). The van der Waals surface area contributed by atoms with Crippen LogP contribution in [-0.2, 0) is 11.0 Å². The summed E-state index contributed by atoms with van der Waals surface area (Å²) in [6.45, 7) is 5.78. The number of hydrogen-bond acceptors (Lipinski definition) is 8. The molecule has 0 aromatic carbocycles. The van der Waals surface area contributed by atoms with Crippen molar-refractivity contribution in [1.82, 2.24) is 19.9 Å². The monoisotopic (exact) mass is 450 g/mol. The molecule has 0 spiro atoms. The summed E-state index contributed by atoms with van der Waals surface area (Å²) in [7, 11) is 1.85. The molecule has 0 saturated heterocycles. The zero-order valence-corrected chi connectivity index (χ0v) is 18.2. The van der Waals surface area contributed by atoms with Crippen molar-refractivity contribution in [3.05, 3.63) is 23.8 Å². The number of nitrogens with one attached hydrogen (secondary N) is 3. The fraction of sp³-hybridized carbons (Fsp3) is 0.550. The smallest absolute Gasteiger partial charge is 0.367 e. The van der Waals surface area contributed by atoms with Gasteiger partial charge in [-0.1, -0.05) is 13.8 Å². The second kappa shape index (κ2) is 8.06. The molecule has 12 heteroatoms. The number of rotatable bonds is 5. The lowest BCUT2D eigenvalue weighted by Crippen LogP contribution is -2.50. The van der Waals surface area contributed by atoms with E-state index >= 15 is 0 Å². The Morgan fingerprint density at radius 2 is 1.84 bits per heavy atom. The van der Waals surface area contributed by atoms with Crippen molar-refractivity contribution < 1.29 is 18.0 Å². The van der Waals surface area contributed by atoms with Crippen LogP contribution in [0.1, 0.15) is 38.1 Å². The molecule has 32 heavy (non-hydrogen) atoms. The fourth-order valence-electron chi connectivity index (χ4n) is 4.12. The molecular weight excluding hydrogens is 425 g/mol. The standard InChI is InChI=1S/C20H25F3N8O/c1-9(2)16-18(32)29-15-10(3)26-19(30-17(15)31(16)4)28-12-5-11(6-12)27-14-7-13(20(21,22)23)24-8-25-14/h7-9,11-12,16H,5-6H2,1-4H3,(H,29,32)(H,24,25,27)(H,26,28,30)/t11-,12+,16?. The highest BCUT2D eigenvalue weighted by molar-refractivity contribution is 6.03. The molecule has 1 aliphatic heterocycles. The molecule has 2 aliphatic rings. The maximum absolute atomic E-state index is 12.8. The van der Waals surface area contributed by atoms with Gasteiger partial charge >= 0.3 is 6.18 Å². The van der Waals surface area contributed by atoms with Crippen molar-refractivity contribution in [3.8, 4) is 0 Å². The van der Waals surface area contributed by atoms with E-state index in [4.69, 9.17) is 0 Å². The Labute approximate surface area is 183 Å². The number of aromatic nitrogens is 4. The predicted octanol–water partition coefficient (Wildman–Crippen LogP) is 3.06. The van der Waals surface area contributed by atoms with E-state index in [0.29, 0.717) is 36.0 Å². The quantitative estimate of drug-likeness (QED) is 0.638. The summed E-state index contributed by atoms with van der Waals surface area (Å²) in [5.41, 5.74) is 0.296. The lowest BCUT2D eigenvalue weighted by Gasteiger charge is -2.38. The average molecular weight is 450 g/mol. The molecule has 0 radical (unpaired) electrons. The number of anilines is 4. The topological polar surface area (TPSA) is 108 Å². The average Bonchev–Trinajstić information content (AvgIpc) is 2.66. The first-order valence-corrected chi connectivity index (χ1v) is 10.4. The summed E-state index contributed by atoms with van der Waals surface area (Å²) in [4.78, 5) is 30.5. The number of amides is 1. The summed E-state index contributed by atoms with van der Waals surface area (Å²) in [5, 5.41) is 9.21. The maximum atomic E-state index is 12.8. The summed E-state index contributed by atoms with van der Waals surface area (Å²) < 4.78 is 38.4. The Morgan fingerprint density at radius 3 is 2.50 bits per heavy atom. The van der Waals surface area contributed by atoms with Crippen LogP contribution in [0.2, 0.25) is 0 Å². The van der Waals surface area contributed by atoms with Crippen LogP contribution < -0.4 is 20.9 Å². The van der Waals surface area contributed by atoms with Crippen LogP contribution in [0.5, 0.6) is 0 Å². The van der Waals surface area contributed by atoms with E-state index in [1.807, 2.05) is 32.7 Å². The number of aryl methyl sites for hydroxylation is 1. The number of fused-ring (bicyclic) bond motifs is 1. The number of alkyl halides is 3. The van der Waals surface area contributed by atoms with Gasteiger partial charge in [0.2, 0.25) is 11.9 Å². The summed E-state index contributed by atoms with van der Waals surface area (Å²) >= 11 is 0. The van der Waals surface area contributed by atoms with Gasteiger partial charge in [0.25, 0.3) is 0 Å². The van der Waals surface area contributed by atoms with E-state index in [1.165, 1.54) is 0 Å². The fourth-order valence-corrected chi connectivity index (χ4v) is 4.12. The number of nitrogens with zero attached hydrogens (tertiary/aromatic N) is 5. The third-order valence-electron chi connectivity index (χ3n) is 5.75. The van der Waals surface area contributed by atoms with E-state index in [0.717, 1.165) is 12.4 Å². The highest BCUT2D eigenvalue weighted by atomic mass is 19.4. The van der Waals surface area contributed by atoms with Gasteiger partial charge in [-0.25, -0.2) is 15.0 Å². The summed E-state index contributed by atoms with van der Waals surface area (Å²) in [6.07, 6.45) is -2.26. The van der Waals surface area contributed by atoms with Crippen LogP contribution in [-0.4, -0.2) is 51.0 Å². The van der Waals surface area contributed by atoms with Gasteiger partial charge in [0.1, 0.15) is 29.6 Å². The second-order valence-corrected chi connectivity index (χ2v) is 8.56. The van der Waals surface area contributed by atoms with Crippen LogP contribution in [0.15, 0.2) is 12.4 Å². The zero-order valence-electron chi connectivity index (χ0n) is 18.2. The van der Waals surface area contributed by atoms with Crippen molar-refractivity contribution >= 4 is 29.2 Å².